The summed E-state index contributed by atoms with van der Waals surface area (Å²) in [7, 11) is 0. The van der Waals surface area contributed by atoms with Crippen molar-refractivity contribution in [2.75, 3.05) is 19.8 Å². The molecule has 0 bridgehead atoms. The van der Waals surface area contributed by atoms with E-state index in [0.717, 1.165) is 25.9 Å². The third kappa shape index (κ3) is 6.36. The van der Waals surface area contributed by atoms with Crippen molar-refractivity contribution in [1.82, 2.24) is 5.32 Å². The number of ether oxygens (including phenoxy) is 1. The van der Waals surface area contributed by atoms with Crippen molar-refractivity contribution in [2.45, 2.75) is 58.5 Å². The smallest absolute Gasteiger partial charge is 0.220 e. The van der Waals surface area contributed by atoms with Crippen molar-refractivity contribution >= 4 is 5.91 Å². The molecule has 18 heavy (non-hydrogen) atoms. The van der Waals surface area contributed by atoms with Crippen LogP contribution in [0.2, 0.25) is 0 Å². The van der Waals surface area contributed by atoms with Crippen LogP contribution in [-0.4, -0.2) is 36.9 Å². The van der Waals surface area contributed by atoms with E-state index in [1.165, 1.54) is 6.42 Å². The average molecular weight is 257 g/mol. The molecule has 106 valence electrons. The van der Waals surface area contributed by atoms with Gasteiger partial charge in [-0.3, -0.25) is 4.79 Å². The van der Waals surface area contributed by atoms with Crippen LogP contribution >= 0.6 is 0 Å². The third-order valence-corrected chi connectivity index (χ3v) is 3.52. The average Bonchev–Trinajstić information content (AvgIpc) is 2.35. The summed E-state index contributed by atoms with van der Waals surface area (Å²) in [6.45, 7) is 5.73. The van der Waals surface area contributed by atoms with Gasteiger partial charge in [-0.15, -0.1) is 0 Å². The predicted octanol–water partition coefficient (Wildman–Crippen LogP) is 1.86. The molecule has 1 fully saturated rings. The summed E-state index contributed by atoms with van der Waals surface area (Å²) < 4.78 is 5.60. The highest BCUT2D eigenvalue weighted by Crippen LogP contribution is 2.19. The number of aliphatic hydroxyl groups excluding tert-OH is 1. The first-order valence-corrected chi connectivity index (χ1v) is 7.03. The summed E-state index contributed by atoms with van der Waals surface area (Å²) in [6, 6.07) is 0. The van der Waals surface area contributed by atoms with Gasteiger partial charge >= 0.3 is 0 Å². The number of carbonyl (C=O) groups excluding carboxylic acids is 1. The zero-order chi connectivity index (χ0) is 13.4. The van der Waals surface area contributed by atoms with Gasteiger partial charge in [0, 0.05) is 26.2 Å². The van der Waals surface area contributed by atoms with Crippen LogP contribution in [0.4, 0.5) is 0 Å². The lowest BCUT2D eigenvalue weighted by Gasteiger charge is -2.25. The number of carbonyl (C=O) groups is 1. The molecule has 4 heteroatoms. The Hall–Kier alpha value is -0.610. The SMILES string of the molecule is CC(C)(CCO)CNC(=O)CCC1CCCCO1. The van der Waals surface area contributed by atoms with Crippen LogP contribution in [0.1, 0.15) is 52.4 Å². The molecular weight excluding hydrogens is 230 g/mol. The molecule has 1 heterocycles. The molecule has 0 spiro atoms. The van der Waals surface area contributed by atoms with Crippen LogP contribution in [0.5, 0.6) is 0 Å². The van der Waals surface area contributed by atoms with Crippen LogP contribution in [0.25, 0.3) is 0 Å². The van der Waals surface area contributed by atoms with Gasteiger partial charge in [0.2, 0.25) is 5.91 Å². The number of hydrogen-bond acceptors (Lipinski definition) is 3. The van der Waals surface area contributed by atoms with Crippen LogP contribution in [-0.2, 0) is 9.53 Å². The Kier molecular flexibility index (Phi) is 6.65. The van der Waals surface area contributed by atoms with E-state index in [-0.39, 0.29) is 24.0 Å². The summed E-state index contributed by atoms with van der Waals surface area (Å²) in [5, 5.41) is 11.9. The van der Waals surface area contributed by atoms with Gasteiger partial charge in [-0.05, 0) is 37.5 Å². The largest absolute Gasteiger partial charge is 0.396 e. The zero-order valence-electron chi connectivity index (χ0n) is 11.7. The number of hydrogen-bond donors (Lipinski definition) is 2. The van der Waals surface area contributed by atoms with Crippen molar-refractivity contribution in [3.63, 3.8) is 0 Å². The molecule has 0 aliphatic carbocycles. The second-order valence-electron chi connectivity index (χ2n) is 5.94. The number of rotatable bonds is 7. The molecule has 0 aromatic rings. The van der Waals surface area contributed by atoms with Gasteiger partial charge in [0.15, 0.2) is 0 Å². The van der Waals surface area contributed by atoms with Crippen LogP contribution < -0.4 is 5.32 Å². The molecule has 1 aliphatic rings. The number of amides is 1. The monoisotopic (exact) mass is 257 g/mol. The molecule has 0 radical (unpaired) electrons. The summed E-state index contributed by atoms with van der Waals surface area (Å²) in [5.74, 6) is 0.0928. The lowest BCUT2D eigenvalue weighted by atomic mass is 9.89. The van der Waals surface area contributed by atoms with E-state index in [2.05, 4.69) is 5.32 Å². The Balaban J connectivity index is 2.13. The Morgan fingerprint density at radius 3 is 2.83 bits per heavy atom. The van der Waals surface area contributed by atoms with Gasteiger partial charge in [0.05, 0.1) is 6.10 Å². The first kappa shape index (κ1) is 15.4. The van der Waals surface area contributed by atoms with E-state index in [4.69, 9.17) is 9.84 Å². The Morgan fingerprint density at radius 1 is 1.44 bits per heavy atom. The standard InChI is InChI=1S/C14H27NO3/c1-14(2,8-9-16)11-15-13(17)7-6-12-5-3-4-10-18-12/h12,16H,3-11H2,1-2H3,(H,15,17). The van der Waals surface area contributed by atoms with Gasteiger partial charge in [0.1, 0.15) is 0 Å². The molecule has 1 aliphatic heterocycles. The van der Waals surface area contributed by atoms with Gasteiger partial charge in [0.25, 0.3) is 0 Å². The second kappa shape index (κ2) is 7.74. The summed E-state index contributed by atoms with van der Waals surface area (Å²) in [5.41, 5.74) is -0.0360. The van der Waals surface area contributed by atoms with Crippen LogP contribution in [0.15, 0.2) is 0 Å². The maximum Gasteiger partial charge on any atom is 0.220 e. The molecule has 1 atom stereocenters. The molecule has 1 amide bonds. The maximum absolute atomic E-state index is 11.7. The second-order valence-corrected chi connectivity index (χ2v) is 5.94. The molecule has 4 nitrogen and oxygen atoms in total. The maximum atomic E-state index is 11.7. The Labute approximate surface area is 110 Å². The molecule has 1 rings (SSSR count). The summed E-state index contributed by atoms with van der Waals surface area (Å²) in [6.07, 6.45) is 5.80. The van der Waals surface area contributed by atoms with Gasteiger partial charge in [-0.1, -0.05) is 13.8 Å². The minimum atomic E-state index is -0.0360. The molecule has 2 N–H and O–H groups in total. The molecule has 0 aromatic heterocycles. The van der Waals surface area contributed by atoms with Crippen molar-refractivity contribution in [2.24, 2.45) is 5.41 Å². The van der Waals surface area contributed by atoms with Crippen molar-refractivity contribution < 1.29 is 14.6 Å². The van der Waals surface area contributed by atoms with Crippen molar-refractivity contribution in [3.8, 4) is 0 Å². The topological polar surface area (TPSA) is 58.6 Å². The molecule has 0 saturated carbocycles. The molecular formula is C14H27NO3. The predicted molar refractivity (Wildman–Crippen MR) is 71.3 cm³/mol. The number of nitrogens with one attached hydrogen (secondary N) is 1. The molecule has 1 saturated heterocycles. The van der Waals surface area contributed by atoms with Crippen LogP contribution in [0, 0.1) is 5.41 Å². The minimum absolute atomic E-state index is 0.0360. The molecule has 0 aromatic carbocycles. The van der Waals surface area contributed by atoms with E-state index < -0.39 is 0 Å². The third-order valence-electron chi connectivity index (χ3n) is 3.52. The van der Waals surface area contributed by atoms with Gasteiger partial charge in [-0.2, -0.15) is 0 Å². The first-order chi connectivity index (χ1) is 8.53. The van der Waals surface area contributed by atoms with Crippen LogP contribution in [0.3, 0.4) is 0 Å². The van der Waals surface area contributed by atoms with E-state index in [1.54, 1.807) is 0 Å². The highest BCUT2D eigenvalue weighted by atomic mass is 16.5. The summed E-state index contributed by atoms with van der Waals surface area (Å²) in [4.78, 5) is 11.7. The fourth-order valence-corrected chi connectivity index (χ4v) is 2.14. The van der Waals surface area contributed by atoms with E-state index in [1.807, 2.05) is 13.8 Å². The van der Waals surface area contributed by atoms with E-state index in [9.17, 15) is 4.79 Å². The number of aliphatic hydroxyl groups is 1. The minimum Gasteiger partial charge on any atom is -0.396 e. The normalized spacial score (nSPS) is 20.7. The molecule has 1 unspecified atom stereocenters. The van der Waals surface area contributed by atoms with E-state index >= 15 is 0 Å². The highest BCUT2D eigenvalue weighted by molar-refractivity contribution is 5.75. The van der Waals surface area contributed by atoms with Crippen molar-refractivity contribution in [1.29, 1.82) is 0 Å². The fourth-order valence-electron chi connectivity index (χ4n) is 2.14. The zero-order valence-corrected chi connectivity index (χ0v) is 11.7. The highest BCUT2D eigenvalue weighted by Gasteiger charge is 2.19. The summed E-state index contributed by atoms with van der Waals surface area (Å²) >= 11 is 0. The Bertz CT molecular complexity index is 247. The van der Waals surface area contributed by atoms with Crippen molar-refractivity contribution in [3.05, 3.63) is 0 Å². The quantitative estimate of drug-likeness (QED) is 0.732. The Morgan fingerprint density at radius 2 is 2.22 bits per heavy atom. The fraction of sp³-hybridized carbons (Fsp3) is 0.929. The van der Waals surface area contributed by atoms with Gasteiger partial charge < -0.3 is 15.2 Å². The lowest BCUT2D eigenvalue weighted by Crippen LogP contribution is -2.35. The van der Waals surface area contributed by atoms with E-state index in [0.29, 0.717) is 19.4 Å². The first-order valence-electron chi connectivity index (χ1n) is 7.03. The lowest BCUT2D eigenvalue weighted by molar-refractivity contribution is -0.122. The van der Waals surface area contributed by atoms with Gasteiger partial charge in [-0.25, -0.2) is 0 Å².